The minimum absolute atomic E-state index is 0.0292. The Morgan fingerprint density at radius 1 is 0.833 bits per heavy atom. The van der Waals surface area contributed by atoms with Gasteiger partial charge in [-0.2, -0.15) is 0 Å². The van der Waals surface area contributed by atoms with Gasteiger partial charge in [0.25, 0.3) is 0 Å². The van der Waals surface area contributed by atoms with Gasteiger partial charge in [0, 0.05) is 18.6 Å². The predicted molar refractivity (Wildman–Crippen MR) is 97.6 cm³/mol. The lowest BCUT2D eigenvalue weighted by Crippen LogP contribution is -2.33. The third-order valence-electron chi connectivity index (χ3n) is 4.53. The molecule has 4 heteroatoms. The fraction of sp³-hybridized carbons (Fsp3) is 0.400. The van der Waals surface area contributed by atoms with Crippen LogP contribution < -0.4 is 10.6 Å². The van der Waals surface area contributed by atoms with Crippen molar-refractivity contribution in [2.45, 2.75) is 44.7 Å². The molecule has 4 N–H and O–H groups in total. The van der Waals surface area contributed by atoms with Gasteiger partial charge in [0.1, 0.15) is 0 Å². The Morgan fingerprint density at radius 3 is 2.12 bits per heavy atom. The number of hydrogen-bond acceptors (Lipinski definition) is 4. The number of aliphatic hydroxyl groups is 2. The van der Waals surface area contributed by atoms with E-state index in [9.17, 15) is 10.2 Å². The standard InChI is InChI=1S/C20H28N2O2/c1-14(21-3)20(24)18-12-8-7-11-17(18)13-22-15(2)19(23)16-9-5-4-6-10-16/h4-12,14-15,19-24H,13H2,1-3H3/t14-,15-,19-,20-/m0/s1. The fourth-order valence-electron chi connectivity index (χ4n) is 2.73. The average Bonchev–Trinajstić information content (AvgIpc) is 2.65. The quantitative estimate of drug-likeness (QED) is 0.601. The lowest BCUT2D eigenvalue weighted by Gasteiger charge is -2.24. The maximum atomic E-state index is 10.5. The van der Waals surface area contributed by atoms with E-state index in [1.165, 1.54) is 0 Å². The summed E-state index contributed by atoms with van der Waals surface area (Å²) in [6.07, 6.45) is -1.14. The first-order chi connectivity index (χ1) is 11.5. The topological polar surface area (TPSA) is 64.5 Å². The van der Waals surface area contributed by atoms with Crippen LogP contribution in [-0.2, 0) is 6.54 Å². The molecule has 0 aliphatic carbocycles. The molecule has 0 heterocycles. The molecule has 0 amide bonds. The van der Waals surface area contributed by atoms with E-state index in [0.717, 1.165) is 16.7 Å². The van der Waals surface area contributed by atoms with Crippen LogP contribution in [0.15, 0.2) is 54.6 Å². The lowest BCUT2D eigenvalue weighted by atomic mass is 9.97. The normalized spacial score (nSPS) is 16.4. The second-order valence-electron chi connectivity index (χ2n) is 6.25. The van der Waals surface area contributed by atoms with E-state index in [1.54, 1.807) is 0 Å². The summed E-state index contributed by atoms with van der Waals surface area (Å²) in [5, 5.41) is 27.4. The first-order valence-corrected chi connectivity index (χ1v) is 8.44. The number of aliphatic hydroxyl groups excluding tert-OH is 2. The summed E-state index contributed by atoms with van der Waals surface area (Å²) in [7, 11) is 1.84. The van der Waals surface area contributed by atoms with Crippen LogP contribution in [0.25, 0.3) is 0 Å². The van der Waals surface area contributed by atoms with Crippen molar-refractivity contribution in [1.82, 2.24) is 10.6 Å². The molecule has 0 radical (unpaired) electrons. The Bertz CT molecular complexity index is 618. The van der Waals surface area contributed by atoms with Crippen molar-refractivity contribution in [2.24, 2.45) is 0 Å². The third kappa shape index (κ3) is 4.65. The summed E-state index contributed by atoms with van der Waals surface area (Å²) in [6.45, 7) is 4.51. The molecule has 0 aromatic heterocycles. The predicted octanol–water partition coefficient (Wildman–Crippen LogP) is 2.54. The summed E-state index contributed by atoms with van der Waals surface area (Å²) in [6, 6.07) is 17.4. The van der Waals surface area contributed by atoms with Gasteiger partial charge in [-0.25, -0.2) is 0 Å². The zero-order valence-corrected chi connectivity index (χ0v) is 14.6. The molecule has 2 rings (SSSR count). The van der Waals surface area contributed by atoms with Crippen molar-refractivity contribution in [2.75, 3.05) is 7.05 Å². The van der Waals surface area contributed by atoms with Gasteiger partial charge in [0.15, 0.2) is 0 Å². The Labute approximate surface area is 144 Å². The van der Waals surface area contributed by atoms with Gasteiger partial charge in [-0.15, -0.1) is 0 Å². The Hall–Kier alpha value is -1.72. The average molecular weight is 328 g/mol. The molecule has 0 aliphatic heterocycles. The zero-order valence-electron chi connectivity index (χ0n) is 14.6. The van der Waals surface area contributed by atoms with Crippen molar-refractivity contribution in [3.05, 3.63) is 71.3 Å². The van der Waals surface area contributed by atoms with Crippen LogP contribution in [0.4, 0.5) is 0 Å². The van der Waals surface area contributed by atoms with Gasteiger partial charge >= 0.3 is 0 Å². The molecule has 0 unspecified atom stereocenters. The molecule has 0 fully saturated rings. The smallest absolute Gasteiger partial charge is 0.0943 e. The van der Waals surface area contributed by atoms with Crippen molar-refractivity contribution >= 4 is 0 Å². The Balaban J connectivity index is 2.04. The van der Waals surface area contributed by atoms with E-state index in [0.29, 0.717) is 6.54 Å². The van der Waals surface area contributed by atoms with Crippen LogP contribution in [0.1, 0.15) is 42.7 Å². The van der Waals surface area contributed by atoms with E-state index in [1.807, 2.05) is 75.5 Å². The van der Waals surface area contributed by atoms with Gasteiger partial charge < -0.3 is 20.8 Å². The second-order valence-corrected chi connectivity index (χ2v) is 6.25. The van der Waals surface area contributed by atoms with Crippen LogP contribution in [-0.4, -0.2) is 29.3 Å². The first kappa shape index (κ1) is 18.6. The number of benzene rings is 2. The van der Waals surface area contributed by atoms with Crippen LogP contribution >= 0.6 is 0 Å². The van der Waals surface area contributed by atoms with Gasteiger partial charge in [0.2, 0.25) is 0 Å². The Morgan fingerprint density at radius 2 is 1.46 bits per heavy atom. The first-order valence-electron chi connectivity index (χ1n) is 8.44. The van der Waals surface area contributed by atoms with E-state index in [-0.39, 0.29) is 12.1 Å². The zero-order chi connectivity index (χ0) is 17.5. The van der Waals surface area contributed by atoms with Crippen molar-refractivity contribution in [3.8, 4) is 0 Å². The molecular formula is C20H28N2O2. The van der Waals surface area contributed by atoms with E-state index >= 15 is 0 Å². The highest BCUT2D eigenvalue weighted by Crippen LogP contribution is 2.22. The van der Waals surface area contributed by atoms with E-state index in [2.05, 4.69) is 10.6 Å². The number of nitrogens with one attached hydrogen (secondary N) is 2. The molecule has 0 aliphatic rings. The molecule has 24 heavy (non-hydrogen) atoms. The molecule has 2 aromatic rings. The maximum Gasteiger partial charge on any atom is 0.0943 e. The summed E-state index contributed by atoms with van der Waals surface area (Å²) in [5.41, 5.74) is 2.85. The van der Waals surface area contributed by atoms with Crippen LogP contribution in [0, 0.1) is 0 Å². The SMILES string of the molecule is CN[C@@H](C)[C@H](O)c1ccccc1CN[C@@H](C)[C@H](O)c1ccccc1. The van der Waals surface area contributed by atoms with E-state index in [4.69, 9.17) is 0 Å². The van der Waals surface area contributed by atoms with Crippen molar-refractivity contribution in [3.63, 3.8) is 0 Å². The highest BCUT2D eigenvalue weighted by molar-refractivity contribution is 5.30. The van der Waals surface area contributed by atoms with Gasteiger partial charge in [-0.1, -0.05) is 54.6 Å². The van der Waals surface area contributed by atoms with Crippen molar-refractivity contribution < 1.29 is 10.2 Å². The monoisotopic (exact) mass is 328 g/mol. The summed E-state index contributed by atoms with van der Waals surface area (Å²) in [5.74, 6) is 0. The van der Waals surface area contributed by atoms with Crippen LogP contribution in [0.5, 0.6) is 0 Å². The summed E-state index contributed by atoms with van der Waals surface area (Å²) >= 11 is 0. The molecule has 4 atom stereocenters. The number of likely N-dealkylation sites (N-methyl/N-ethyl adjacent to an activating group) is 1. The number of rotatable bonds is 8. The second kappa shape index (κ2) is 8.94. The molecule has 0 spiro atoms. The number of hydrogen-bond donors (Lipinski definition) is 4. The molecule has 2 aromatic carbocycles. The maximum absolute atomic E-state index is 10.5. The molecule has 0 saturated carbocycles. The highest BCUT2D eigenvalue weighted by atomic mass is 16.3. The minimum atomic E-state index is -0.570. The summed E-state index contributed by atoms with van der Waals surface area (Å²) in [4.78, 5) is 0. The van der Waals surface area contributed by atoms with Crippen LogP contribution in [0.2, 0.25) is 0 Å². The van der Waals surface area contributed by atoms with E-state index < -0.39 is 12.2 Å². The third-order valence-corrected chi connectivity index (χ3v) is 4.53. The molecule has 130 valence electrons. The fourth-order valence-corrected chi connectivity index (χ4v) is 2.73. The molecule has 4 nitrogen and oxygen atoms in total. The van der Waals surface area contributed by atoms with Crippen LogP contribution in [0.3, 0.4) is 0 Å². The van der Waals surface area contributed by atoms with Gasteiger partial charge in [0.05, 0.1) is 12.2 Å². The van der Waals surface area contributed by atoms with Crippen molar-refractivity contribution in [1.29, 1.82) is 0 Å². The largest absolute Gasteiger partial charge is 0.387 e. The Kier molecular flexibility index (Phi) is 6.94. The molecular weight excluding hydrogens is 300 g/mol. The molecule has 0 bridgehead atoms. The highest BCUT2D eigenvalue weighted by Gasteiger charge is 2.19. The minimum Gasteiger partial charge on any atom is -0.387 e. The van der Waals surface area contributed by atoms with Gasteiger partial charge in [-0.3, -0.25) is 0 Å². The summed E-state index contributed by atoms with van der Waals surface area (Å²) < 4.78 is 0. The van der Waals surface area contributed by atoms with Gasteiger partial charge in [-0.05, 0) is 37.6 Å². The lowest BCUT2D eigenvalue weighted by molar-refractivity contribution is 0.132. The molecule has 0 saturated heterocycles.